The van der Waals surface area contributed by atoms with Gasteiger partial charge in [-0.05, 0) is 68.1 Å². The average molecular weight is 439 g/mol. The number of hydrogen-bond donors (Lipinski definition) is 2. The van der Waals surface area contributed by atoms with Gasteiger partial charge >= 0.3 is 0 Å². The summed E-state index contributed by atoms with van der Waals surface area (Å²) in [5.74, 6) is -0.0196. The van der Waals surface area contributed by atoms with Crippen LogP contribution in [0.25, 0.3) is 0 Å². The summed E-state index contributed by atoms with van der Waals surface area (Å²) >= 11 is 3.41. The summed E-state index contributed by atoms with van der Waals surface area (Å²) in [6.07, 6.45) is 3.18. The summed E-state index contributed by atoms with van der Waals surface area (Å²) in [5, 5.41) is 2.83. The number of anilines is 2. The summed E-state index contributed by atoms with van der Waals surface area (Å²) in [4.78, 5) is 12.0. The fourth-order valence-corrected chi connectivity index (χ4v) is 3.27. The van der Waals surface area contributed by atoms with Crippen molar-refractivity contribution in [2.75, 3.05) is 15.8 Å². The van der Waals surface area contributed by atoms with Crippen molar-refractivity contribution in [3.63, 3.8) is 0 Å². The topological polar surface area (TPSA) is 75.3 Å². The SMILES string of the molecule is CCS(=O)(=O)Nc1ccc(NC(=O)CCCCc2ccc(Br)cc2)cc1. The van der Waals surface area contributed by atoms with Gasteiger partial charge in [-0.2, -0.15) is 0 Å². The summed E-state index contributed by atoms with van der Waals surface area (Å²) < 4.78 is 26.6. The number of aryl methyl sites for hydroxylation is 1. The lowest BCUT2D eigenvalue weighted by Crippen LogP contribution is -2.15. The van der Waals surface area contributed by atoms with Crippen LogP contribution in [0.1, 0.15) is 31.7 Å². The number of amides is 1. The van der Waals surface area contributed by atoms with Gasteiger partial charge in [-0.3, -0.25) is 9.52 Å². The maximum absolute atomic E-state index is 12.0. The fourth-order valence-electron chi connectivity index (χ4n) is 2.36. The summed E-state index contributed by atoms with van der Waals surface area (Å²) in [7, 11) is -3.29. The third-order valence-corrected chi connectivity index (χ3v) is 5.69. The van der Waals surface area contributed by atoms with E-state index in [4.69, 9.17) is 0 Å². The minimum absolute atomic E-state index is 0.0196. The van der Waals surface area contributed by atoms with Crippen LogP contribution in [0.2, 0.25) is 0 Å². The molecule has 2 rings (SSSR count). The van der Waals surface area contributed by atoms with E-state index in [0.717, 1.165) is 23.7 Å². The molecule has 0 aliphatic heterocycles. The lowest BCUT2D eigenvalue weighted by molar-refractivity contribution is -0.116. The van der Waals surface area contributed by atoms with Crippen molar-refractivity contribution in [3.8, 4) is 0 Å². The van der Waals surface area contributed by atoms with Crippen molar-refractivity contribution in [1.82, 2.24) is 0 Å². The van der Waals surface area contributed by atoms with Crippen LogP contribution in [0.4, 0.5) is 11.4 Å². The smallest absolute Gasteiger partial charge is 0.232 e. The highest BCUT2D eigenvalue weighted by Gasteiger charge is 2.07. The Bertz CT molecular complexity index is 819. The van der Waals surface area contributed by atoms with Gasteiger partial charge in [0.05, 0.1) is 5.75 Å². The number of carbonyl (C=O) groups excluding carboxylic acids is 1. The van der Waals surface area contributed by atoms with Gasteiger partial charge in [0.1, 0.15) is 0 Å². The van der Waals surface area contributed by atoms with Gasteiger partial charge in [-0.15, -0.1) is 0 Å². The number of halogens is 1. The molecule has 0 fully saturated rings. The van der Waals surface area contributed by atoms with Gasteiger partial charge in [-0.25, -0.2) is 8.42 Å². The fraction of sp³-hybridized carbons (Fsp3) is 0.316. The normalized spacial score (nSPS) is 11.2. The molecule has 0 aliphatic rings. The van der Waals surface area contributed by atoms with Crippen LogP contribution in [-0.2, 0) is 21.2 Å². The van der Waals surface area contributed by atoms with Crippen LogP contribution in [0.3, 0.4) is 0 Å². The first-order valence-electron chi connectivity index (χ1n) is 8.53. The molecule has 5 nitrogen and oxygen atoms in total. The lowest BCUT2D eigenvalue weighted by Gasteiger charge is -2.08. The predicted octanol–water partition coefficient (Wildman–Crippen LogP) is 4.56. The van der Waals surface area contributed by atoms with E-state index in [9.17, 15) is 13.2 Å². The molecule has 7 heteroatoms. The molecule has 2 aromatic rings. The van der Waals surface area contributed by atoms with Crippen molar-refractivity contribution in [3.05, 3.63) is 58.6 Å². The molecule has 0 atom stereocenters. The van der Waals surface area contributed by atoms with Gasteiger partial charge in [0.2, 0.25) is 15.9 Å². The monoisotopic (exact) mass is 438 g/mol. The molecule has 0 saturated carbocycles. The Morgan fingerprint density at radius 1 is 0.962 bits per heavy atom. The molecule has 0 radical (unpaired) electrons. The molecule has 26 heavy (non-hydrogen) atoms. The standard InChI is InChI=1S/C19H23BrN2O3S/c1-2-26(24,25)22-18-13-11-17(12-14-18)21-19(23)6-4-3-5-15-7-9-16(20)10-8-15/h7-14,22H,2-6H2,1H3,(H,21,23). The van der Waals surface area contributed by atoms with Crippen molar-refractivity contribution in [2.24, 2.45) is 0 Å². The van der Waals surface area contributed by atoms with Gasteiger partial charge in [0.15, 0.2) is 0 Å². The first kappa shape index (κ1) is 20.5. The van der Waals surface area contributed by atoms with Gasteiger partial charge in [0, 0.05) is 22.3 Å². The van der Waals surface area contributed by atoms with Crippen molar-refractivity contribution in [2.45, 2.75) is 32.6 Å². The second-order valence-electron chi connectivity index (χ2n) is 5.96. The van der Waals surface area contributed by atoms with Gasteiger partial charge in [-0.1, -0.05) is 28.1 Å². The van der Waals surface area contributed by atoms with E-state index in [-0.39, 0.29) is 11.7 Å². The number of rotatable bonds is 9. The minimum atomic E-state index is -3.29. The zero-order valence-corrected chi connectivity index (χ0v) is 17.1. The van der Waals surface area contributed by atoms with E-state index in [1.165, 1.54) is 5.56 Å². The maximum atomic E-state index is 12.0. The summed E-state index contributed by atoms with van der Waals surface area (Å²) in [5.41, 5.74) is 2.40. The number of carbonyl (C=O) groups is 1. The maximum Gasteiger partial charge on any atom is 0.232 e. The number of unbranched alkanes of at least 4 members (excludes halogenated alkanes) is 1. The van der Waals surface area contributed by atoms with Crippen LogP contribution in [-0.4, -0.2) is 20.1 Å². The quantitative estimate of drug-likeness (QED) is 0.563. The van der Waals surface area contributed by atoms with Crippen LogP contribution >= 0.6 is 15.9 Å². The number of sulfonamides is 1. The van der Waals surface area contributed by atoms with Crippen LogP contribution in [0, 0.1) is 0 Å². The van der Waals surface area contributed by atoms with E-state index in [2.05, 4.69) is 38.1 Å². The minimum Gasteiger partial charge on any atom is -0.326 e. The molecule has 0 aliphatic carbocycles. The summed E-state index contributed by atoms with van der Waals surface area (Å²) in [6.45, 7) is 1.58. The highest BCUT2D eigenvalue weighted by Crippen LogP contribution is 2.16. The predicted molar refractivity (Wildman–Crippen MR) is 110 cm³/mol. The Morgan fingerprint density at radius 3 is 2.19 bits per heavy atom. The second-order valence-corrected chi connectivity index (χ2v) is 8.89. The van der Waals surface area contributed by atoms with E-state index in [0.29, 0.717) is 17.8 Å². The Morgan fingerprint density at radius 2 is 1.58 bits per heavy atom. The molecule has 0 heterocycles. The highest BCUT2D eigenvalue weighted by atomic mass is 79.9. The van der Waals surface area contributed by atoms with E-state index >= 15 is 0 Å². The third-order valence-electron chi connectivity index (χ3n) is 3.85. The largest absolute Gasteiger partial charge is 0.326 e. The van der Waals surface area contributed by atoms with Gasteiger partial charge in [0.25, 0.3) is 0 Å². The third kappa shape index (κ3) is 7.17. The van der Waals surface area contributed by atoms with Crippen molar-refractivity contribution < 1.29 is 13.2 Å². The zero-order chi connectivity index (χ0) is 19.0. The summed E-state index contributed by atoms with van der Waals surface area (Å²) in [6, 6.07) is 14.8. The molecule has 0 unspecified atom stereocenters. The van der Waals surface area contributed by atoms with Crippen LogP contribution in [0.15, 0.2) is 53.0 Å². The van der Waals surface area contributed by atoms with E-state index in [1.807, 2.05) is 12.1 Å². The molecular weight excluding hydrogens is 416 g/mol. The molecule has 2 aromatic carbocycles. The average Bonchev–Trinajstić information content (AvgIpc) is 2.62. The Hall–Kier alpha value is -1.86. The molecule has 1 amide bonds. The molecular formula is C19H23BrN2O3S. The van der Waals surface area contributed by atoms with E-state index in [1.54, 1.807) is 31.2 Å². The number of nitrogens with one attached hydrogen (secondary N) is 2. The highest BCUT2D eigenvalue weighted by molar-refractivity contribution is 9.10. The Labute approximate surface area is 163 Å². The number of hydrogen-bond acceptors (Lipinski definition) is 3. The van der Waals surface area contributed by atoms with Crippen molar-refractivity contribution in [1.29, 1.82) is 0 Å². The van der Waals surface area contributed by atoms with Gasteiger partial charge < -0.3 is 5.32 Å². The lowest BCUT2D eigenvalue weighted by atomic mass is 10.1. The van der Waals surface area contributed by atoms with E-state index < -0.39 is 10.0 Å². The van der Waals surface area contributed by atoms with Crippen molar-refractivity contribution >= 4 is 43.2 Å². The van der Waals surface area contributed by atoms with Crippen LogP contribution < -0.4 is 10.0 Å². The molecule has 0 saturated heterocycles. The molecule has 2 N–H and O–H groups in total. The molecule has 140 valence electrons. The Balaban J connectivity index is 1.72. The molecule has 0 spiro atoms. The van der Waals surface area contributed by atoms with Crippen LogP contribution in [0.5, 0.6) is 0 Å². The number of benzene rings is 2. The first-order chi connectivity index (χ1) is 12.4. The molecule has 0 aromatic heterocycles. The molecule has 0 bridgehead atoms. The first-order valence-corrected chi connectivity index (χ1v) is 11.0. The Kier molecular flexibility index (Phi) is 7.66. The second kappa shape index (κ2) is 9.73. The zero-order valence-electron chi connectivity index (χ0n) is 14.7.